The van der Waals surface area contributed by atoms with Crippen molar-refractivity contribution in [3.63, 3.8) is 0 Å². The SMILES string of the molecule is Cc1nc(S(=O)(=O)N2CC(n3cc(Br)cn3)C2)cn1C. The van der Waals surface area contributed by atoms with Crippen LogP contribution in [0.4, 0.5) is 0 Å². The van der Waals surface area contributed by atoms with E-state index in [1.165, 1.54) is 4.31 Å². The number of halogens is 1. The fourth-order valence-corrected chi connectivity index (χ4v) is 3.92. The highest BCUT2D eigenvalue weighted by Crippen LogP contribution is 2.28. The van der Waals surface area contributed by atoms with E-state index in [9.17, 15) is 8.42 Å². The molecule has 0 amide bonds. The molecule has 1 aliphatic rings. The molecule has 7 nitrogen and oxygen atoms in total. The van der Waals surface area contributed by atoms with Gasteiger partial charge in [-0.05, 0) is 22.9 Å². The summed E-state index contributed by atoms with van der Waals surface area (Å²) in [7, 11) is -1.71. The van der Waals surface area contributed by atoms with Gasteiger partial charge in [-0.3, -0.25) is 4.68 Å². The van der Waals surface area contributed by atoms with Crippen molar-refractivity contribution in [1.29, 1.82) is 0 Å². The summed E-state index contributed by atoms with van der Waals surface area (Å²) in [6.45, 7) is 2.62. The van der Waals surface area contributed by atoms with Crippen LogP contribution >= 0.6 is 15.9 Å². The molecule has 20 heavy (non-hydrogen) atoms. The lowest BCUT2D eigenvalue weighted by Crippen LogP contribution is -2.50. The van der Waals surface area contributed by atoms with Crippen LogP contribution in [0.15, 0.2) is 28.1 Å². The Kier molecular flexibility index (Phi) is 3.22. The Morgan fingerprint density at radius 1 is 1.35 bits per heavy atom. The topological polar surface area (TPSA) is 73.0 Å². The van der Waals surface area contributed by atoms with Crippen molar-refractivity contribution in [3.05, 3.63) is 28.9 Å². The van der Waals surface area contributed by atoms with Gasteiger partial charge in [-0.2, -0.15) is 9.40 Å². The van der Waals surface area contributed by atoms with Gasteiger partial charge >= 0.3 is 0 Å². The zero-order valence-electron chi connectivity index (χ0n) is 11.1. The van der Waals surface area contributed by atoms with Gasteiger partial charge in [0.1, 0.15) is 5.82 Å². The molecule has 0 saturated carbocycles. The van der Waals surface area contributed by atoms with Crippen molar-refractivity contribution >= 4 is 26.0 Å². The van der Waals surface area contributed by atoms with Crippen molar-refractivity contribution < 1.29 is 8.42 Å². The number of imidazole rings is 1. The summed E-state index contributed by atoms with van der Waals surface area (Å²) in [6.07, 6.45) is 5.08. The minimum atomic E-state index is -3.49. The largest absolute Gasteiger partial charge is 0.337 e. The molecule has 3 heterocycles. The predicted octanol–water partition coefficient (Wildman–Crippen LogP) is 0.933. The third-order valence-electron chi connectivity index (χ3n) is 3.46. The van der Waals surface area contributed by atoms with Crippen molar-refractivity contribution in [2.45, 2.75) is 18.0 Å². The number of nitrogens with zero attached hydrogens (tertiary/aromatic N) is 5. The van der Waals surface area contributed by atoms with E-state index < -0.39 is 10.0 Å². The summed E-state index contributed by atoms with van der Waals surface area (Å²) >= 11 is 3.33. The van der Waals surface area contributed by atoms with Crippen LogP contribution in [0.5, 0.6) is 0 Å². The number of aromatic nitrogens is 4. The molecule has 0 spiro atoms. The van der Waals surface area contributed by atoms with Gasteiger partial charge in [0.15, 0.2) is 5.03 Å². The highest BCUT2D eigenvalue weighted by atomic mass is 79.9. The average Bonchev–Trinajstić information content (AvgIpc) is 2.85. The predicted molar refractivity (Wildman–Crippen MR) is 75.7 cm³/mol. The highest BCUT2D eigenvalue weighted by molar-refractivity contribution is 9.10. The number of hydrogen-bond donors (Lipinski definition) is 0. The van der Waals surface area contributed by atoms with Crippen LogP contribution in [0.1, 0.15) is 11.9 Å². The molecule has 0 aliphatic carbocycles. The fourth-order valence-electron chi connectivity index (χ4n) is 2.08. The number of hydrogen-bond acceptors (Lipinski definition) is 4. The Morgan fingerprint density at radius 2 is 2.05 bits per heavy atom. The quantitative estimate of drug-likeness (QED) is 0.817. The zero-order chi connectivity index (χ0) is 14.5. The van der Waals surface area contributed by atoms with Gasteiger partial charge < -0.3 is 4.57 Å². The molecular weight excluding hydrogens is 346 g/mol. The molecule has 0 atom stereocenters. The van der Waals surface area contributed by atoms with Gasteiger partial charge in [-0.25, -0.2) is 13.4 Å². The fraction of sp³-hybridized carbons (Fsp3) is 0.455. The van der Waals surface area contributed by atoms with Crippen LogP contribution in [0, 0.1) is 6.92 Å². The van der Waals surface area contributed by atoms with Gasteiger partial charge in [0.2, 0.25) is 0 Å². The molecule has 2 aromatic heterocycles. The first kappa shape index (κ1) is 13.8. The number of sulfonamides is 1. The molecule has 1 aliphatic heterocycles. The highest BCUT2D eigenvalue weighted by Gasteiger charge is 2.39. The number of aryl methyl sites for hydroxylation is 2. The second kappa shape index (κ2) is 4.68. The molecule has 1 saturated heterocycles. The summed E-state index contributed by atoms with van der Waals surface area (Å²) in [5.41, 5.74) is 0. The van der Waals surface area contributed by atoms with Gasteiger partial charge in [0, 0.05) is 32.5 Å². The Hall–Kier alpha value is -1.19. The van der Waals surface area contributed by atoms with Crippen molar-refractivity contribution in [2.24, 2.45) is 7.05 Å². The first-order valence-electron chi connectivity index (χ1n) is 6.07. The molecule has 0 N–H and O–H groups in total. The minimum Gasteiger partial charge on any atom is -0.337 e. The molecular formula is C11H14BrN5O2S. The van der Waals surface area contributed by atoms with Crippen molar-refractivity contribution in [3.8, 4) is 0 Å². The van der Waals surface area contributed by atoms with E-state index in [4.69, 9.17) is 0 Å². The maximum Gasteiger partial charge on any atom is 0.262 e. The second-order valence-corrected chi connectivity index (χ2v) is 7.65. The van der Waals surface area contributed by atoms with Gasteiger partial charge in [0.25, 0.3) is 10.0 Å². The first-order valence-corrected chi connectivity index (χ1v) is 8.31. The third kappa shape index (κ3) is 2.19. The molecule has 0 aromatic carbocycles. The monoisotopic (exact) mass is 359 g/mol. The Bertz CT molecular complexity index is 725. The maximum atomic E-state index is 12.4. The van der Waals surface area contributed by atoms with Gasteiger partial charge in [-0.15, -0.1) is 0 Å². The summed E-state index contributed by atoms with van der Waals surface area (Å²) in [6, 6.07) is 0.0842. The van der Waals surface area contributed by atoms with Crippen LogP contribution < -0.4 is 0 Å². The van der Waals surface area contributed by atoms with E-state index in [0.29, 0.717) is 18.9 Å². The van der Waals surface area contributed by atoms with Crippen LogP contribution in [-0.4, -0.2) is 45.1 Å². The third-order valence-corrected chi connectivity index (χ3v) is 5.58. The minimum absolute atomic E-state index is 0.0842. The lowest BCUT2D eigenvalue weighted by atomic mass is 10.2. The summed E-state index contributed by atoms with van der Waals surface area (Å²) < 4.78 is 30.5. The van der Waals surface area contributed by atoms with Crippen LogP contribution in [0.25, 0.3) is 0 Å². The molecule has 108 valence electrons. The Morgan fingerprint density at radius 3 is 2.55 bits per heavy atom. The van der Waals surface area contributed by atoms with Gasteiger partial charge in [0.05, 0.1) is 16.7 Å². The molecule has 9 heteroatoms. The lowest BCUT2D eigenvalue weighted by Gasteiger charge is -2.37. The van der Waals surface area contributed by atoms with E-state index in [-0.39, 0.29) is 11.1 Å². The summed E-state index contributed by atoms with van der Waals surface area (Å²) in [5.74, 6) is 0.677. The molecule has 1 fully saturated rings. The Balaban J connectivity index is 1.75. The molecule has 3 rings (SSSR count). The smallest absolute Gasteiger partial charge is 0.262 e. The van der Waals surface area contributed by atoms with E-state index in [0.717, 1.165) is 4.47 Å². The van der Waals surface area contributed by atoms with Crippen molar-refractivity contribution in [1.82, 2.24) is 23.6 Å². The van der Waals surface area contributed by atoms with Crippen LogP contribution in [0.2, 0.25) is 0 Å². The molecule has 0 bridgehead atoms. The van der Waals surface area contributed by atoms with Crippen molar-refractivity contribution in [2.75, 3.05) is 13.1 Å². The van der Waals surface area contributed by atoms with E-state index >= 15 is 0 Å². The van der Waals surface area contributed by atoms with E-state index in [1.807, 2.05) is 6.20 Å². The molecule has 2 aromatic rings. The van der Waals surface area contributed by atoms with Gasteiger partial charge in [-0.1, -0.05) is 0 Å². The maximum absolute atomic E-state index is 12.4. The average molecular weight is 360 g/mol. The van der Waals surface area contributed by atoms with E-state index in [1.54, 1.807) is 35.6 Å². The first-order chi connectivity index (χ1) is 9.38. The van der Waals surface area contributed by atoms with Crippen LogP contribution in [0.3, 0.4) is 0 Å². The lowest BCUT2D eigenvalue weighted by molar-refractivity contribution is 0.191. The molecule has 0 unspecified atom stereocenters. The normalized spacial score (nSPS) is 17.4. The van der Waals surface area contributed by atoms with Crippen LogP contribution in [-0.2, 0) is 17.1 Å². The summed E-state index contributed by atoms with van der Waals surface area (Å²) in [5, 5.41) is 4.28. The number of rotatable bonds is 3. The zero-order valence-corrected chi connectivity index (χ0v) is 13.5. The van der Waals surface area contributed by atoms with E-state index in [2.05, 4.69) is 26.0 Å². The standard InChI is InChI=1S/C11H14BrN5O2S/c1-8-14-11(7-15(8)2)20(18,19)16-5-10(6-16)17-4-9(12)3-13-17/h3-4,7,10H,5-6H2,1-2H3. The summed E-state index contributed by atoms with van der Waals surface area (Å²) in [4.78, 5) is 4.09. The molecule has 0 radical (unpaired) electrons. The Labute approximate surface area is 125 Å². The second-order valence-electron chi connectivity index (χ2n) is 4.85.